The lowest BCUT2D eigenvalue weighted by Gasteiger charge is -2.30. The molecule has 31 heavy (non-hydrogen) atoms. The number of sulfonamides is 1. The molecule has 1 saturated heterocycles. The molecule has 0 spiro atoms. The largest absolute Gasteiger partial charge is 0.389 e. The fourth-order valence-electron chi connectivity index (χ4n) is 5.22. The van der Waals surface area contributed by atoms with Gasteiger partial charge in [-0.2, -0.15) is 4.31 Å². The van der Waals surface area contributed by atoms with Crippen LogP contribution in [0.4, 0.5) is 0 Å². The second-order valence-corrected chi connectivity index (χ2v) is 11.5. The fourth-order valence-corrected chi connectivity index (χ4v) is 7.21. The molecule has 1 saturated carbocycles. The van der Waals surface area contributed by atoms with Crippen molar-refractivity contribution in [1.82, 2.24) is 24.2 Å². The van der Waals surface area contributed by atoms with Crippen molar-refractivity contribution >= 4 is 32.0 Å². The topological polar surface area (TPSA) is 112 Å². The number of pyridine rings is 1. The monoisotopic (exact) mass is 443 g/mol. The molecule has 166 valence electrons. The molecule has 0 amide bonds. The van der Waals surface area contributed by atoms with Gasteiger partial charge in [0.1, 0.15) is 11.5 Å². The van der Waals surface area contributed by atoms with Crippen LogP contribution in [0.5, 0.6) is 0 Å². The van der Waals surface area contributed by atoms with Gasteiger partial charge in [-0.1, -0.05) is 0 Å². The SMILES string of the molecule is Cc1nc(C2CCC(CS(=O)(=O)N3CCC(C)(O)C3)CC2)c2c(cnc3[nH]ccc32)n1. The summed E-state index contributed by atoms with van der Waals surface area (Å²) in [4.78, 5) is 17.0. The van der Waals surface area contributed by atoms with Gasteiger partial charge in [0.25, 0.3) is 0 Å². The lowest BCUT2D eigenvalue weighted by atomic mass is 9.80. The minimum absolute atomic E-state index is 0.148. The van der Waals surface area contributed by atoms with Gasteiger partial charge in [0, 0.05) is 36.0 Å². The van der Waals surface area contributed by atoms with E-state index in [0.29, 0.717) is 13.0 Å². The third-order valence-corrected chi connectivity index (χ3v) is 8.87. The molecule has 9 heteroatoms. The van der Waals surface area contributed by atoms with E-state index in [4.69, 9.17) is 4.98 Å². The summed E-state index contributed by atoms with van der Waals surface area (Å²) in [5.74, 6) is 1.35. The van der Waals surface area contributed by atoms with Crippen molar-refractivity contribution < 1.29 is 13.5 Å². The van der Waals surface area contributed by atoms with Crippen molar-refractivity contribution in [3.63, 3.8) is 0 Å². The van der Waals surface area contributed by atoms with E-state index >= 15 is 0 Å². The predicted octanol–water partition coefficient (Wildman–Crippen LogP) is 2.87. The molecule has 2 aliphatic rings. The number of aliphatic hydroxyl groups is 1. The van der Waals surface area contributed by atoms with Gasteiger partial charge in [-0.3, -0.25) is 0 Å². The Morgan fingerprint density at radius 3 is 2.74 bits per heavy atom. The molecule has 3 aromatic rings. The maximum Gasteiger partial charge on any atom is 0.214 e. The third-order valence-electron chi connectivity index (χ3n) is 6.88. The molecule has 1 aliphatic heterocycles. The van der Waals surface area contributed by atoms with Crippen molar-refractivity contribution in [3.8, 4) is 0 Å². The summed E-state index contributed by atoms with van der Waals surface area (Å²) in [5, 5.41) is 12.2. The molecule has 1 aliphatic carbocycles. The molecule has 0 bridgehead atoms. The summed E-state index contributed by atoms with van der Waals surface area (Å²) >= 11 is 0. The van der Waals surface area contributed by atoms with E-state index < -0.39 is 15.6 Å². The summed E-state index contributed by atoms with van der Waals surface area (Å²) in [7, 11) is -3.34. The molecule has 8 nitrogen and oxygen atoms in total. The highest BCUT2D eigenvalue weighted by molar-refractivity contribution is 7.89. The fraction of sp³-hybridized carbons (Fsp3) is 0.591. The summed E-state index contributed by atoms with van der Waals surface area (Å²) in [5.41, 5.74) is 1.85. The average Bonchev–Trinajstić information content (AvgIpc) is 3.34. The minimum atomic E-state index is -3.34. The first-order valence-corrected chi connectivity index (χ1v) is 12.6. The summed E-state index contributed by atoms with van der Waals surface area (Å²) in [6, 6.07) is 2.02. The number of fused-ring (bicyclic) bond motifs is 3. The van der Waals surface area contributed by atoms with Crippen molar-refractivity contribution in [2.75, 3.05) is 18.8 Å². The summed E-state index contributed by atoms with van der Waals surface area (Å²) < 4.78 is 27.2. The first-order chi connectivity index (χ1) is 14.7. The molecule has 2 N–H and O–H groups in total. The zero-order chi connectivity index (χ0) is 21.8. The van der Waals surface area contributed by atoms with E-state index in [2.05, 4.69) is 15.0 Å². The van der Waals surface area contributed by atoms with Gasteiger partial charge in [-0.05, 0) is 57.9 Å². The van der Waals surface area contributed by atoms with Gasteiger partial charge in [-0.15, -0.1) is 0 Å². The van der Waals surface area contributed by atoms with Crippen molar-refractivity contribution in [2.45, 2.75) is 57.5 Å². The molecule has 4 heterocycles. The molecule has 5 rings (SSSR count). The number of nitrogens with zero attached hydrogens (tertiary/aromatic N) is 4. The third kappa shape index (κ3) is 3.94. The van der Waals surface area contributed by atoms with E-state index in [1.54, 1.807) is 13.1 Å². The number of aromatic amines is 1. The van der Waals surface area contributed by atoms with Crippen LogP contribution in [-0.2, 0) is 10.0 Å². The molecule has 3 aromatic heterocycles. The molecule has 1 atom stereocenters. The maximum atomic E-state index is 12.9. The Kier molecular flexibility index (Phi) is 5.02. The van der Waals surface area contributed by atoms with Gasteiger partial charge in [0.2, 0.25) is 10.0 Å². The predicted molar refractivity (Wildman–Crippen MR) is 119 cm³/mol. The highest BCUT2D eigenvalue weighted by atomic mass is 32.2. The van der Waals surface area contributed by atoms with E-state index in [9.17, 15) is 13.5 Å². The first-order valence-electron chi connectivity index (χ1n) is 11.0. The number of aromatic nitrogens is 4. The average molecular weight is 444 g/mol. The highest BCUT2D eigenvalue weighted by Crippen LogP contribution is 2.40. The number of rotatable bonds is 4. The molecule has 0 aromatic carbocycles. The quantitative estimate of drug-likeness (QED) is 0.641. The van der Waals surface area contributed by atoms with E-state index in [-0.39, 0.29) is 24.1 Å². The Morgan fingerprint density at radius 2 is 2.03 bits per heavy atom. The lowest BCUT2D eigenvalue weighted by molar-refractivity contribution is 0.0762. The molecule has 2 fully saturated rings. The summed E-state index contributed by atoms with van der Waals surface area (Å²) in [6.07, 6.45) is 7.74. The van der Waals surface area contributed by atoms with Crippen LogP contribution in [0.1, 0.15) is 56.5 Å². The van der Waals surface area contributed by atoms with Gasteiger partial charge < -0.3 is 10.1 Å². The Balaban J connectivity index is 1.34. The van der Waals surface area contributed by atoms with Gasteiger partial charge in [0.05, 0.1) is 28.8 Å². The van der Waals surface area contributed by atoms with Crippen LogP contribution in [0, 0.1) is 12.8 Å². The van der Waals surface area contributed by atoms with Gasteiger partial charge >= 0.3 is 0 Å². The zero-order valence-electron chi connectivity index (χ0n) is 18.0. The number of H-pyrrole nitrogens is 1. The number of nitrogens with one attached hydrogen (secondary N) is 1. The Hall–Kier alpha value is -2.10. The van der Waals surface area contributed by atoms with Crippen LogP contribution in [-0.4, -0.2) is 62.2 Å². The van der Waals surface area contributed by atoms with Crippen LogP contribution in [0.2, 0.25) is 0 Å². The van der Waals surface area contributed by atoms with E-state index in [0.717, 1.165) is 59.1 Å². The standard InChI is InChI=1S/C22H29N5O3S/c1-14-25-18-11-24-21-17(7-9-23-21)19(18)20(26-14)16-5-3-15(4-6-16)12-31(29,30)27-10-8-22(2,28)13-27/h7,9,11,15-16,28H,3-6,8,10,12-13H2,1-2H3,(H,23,24). The Bertz CT molecular complexity index is 1230. The molecule has 1 unspecified atom stereocenters. The van der Waals surface area contributed by atoms with Crippen LogP contribution in [0.3, 0.4) is 0 Å². The Morgan fingerprint density at radius 1 is 1.26 bits per heavy atom. The van der Waals surface area contributed by atoms with Crippen molar-refractivity contribution in [1.29, 1.82) is 0 Å². The van der Waals surface area contributed by atoms with Gasteiger partial charge in [0.15, 0.2) is 0 Å². The van der Waals surface area contributed by atoms with Crippen LogP contribution in [0.25, 0.3) is 21.9 Å². The maximum absolute atomic E-state index is 12.9. The summed E-state index contributed by atoms with van der Waals surface area (Å²) in [6.45, 7) is 4.24. The smallest absolute Gasteiger partial charge is 0.214 e. The number of aryl methyl sites for hydroxylation is 1. The second kappa shape index (κ2) is 7.50. The minimum Gasteiger partial charge on any atom is -0.389 e. The van der Waals surface area contributed by atoms with Crippen LogP contribution in [0.15, 0.2) is 18.5 Å². The van der Waals surface area contributed by atoms with Crippen molar-refractivity contribution in [3.05, 3.63) is 30.0 Å². The number of β-amino-alcohol motifs (C(OH)–C–C–N with tert-alkyl or cyclic N) is 1. The van der Waals surface area contributed by atoms with E-state index in [1.807, 2.05) is 19.2 Å². The molecular weight excluding hydrogens is 414 g/mol. The number of hydrogen-bond acceptors (Lipinski definition) is 6. The van der Waals surface area contributed by atoms with E-state index in [1.165, 1.54) is 4.31 Å². The molecule has 0 radical (unpaired) electrons. The second-order valence-electron chi connectivity index (χ2n) is 9.49. The van der Waals surface area contributed by atoms with Gasteiger partial charge in [-0.25, -0.2) is 23.4 Å². The highest BCUT2D eigenvalue weighted by Gasteiger charge is 2.39. The van der Waals surface area contributed by atoms with Crippen LogP contribution < -0.4 is 0 Å². The Labute approximate surface area is 182 Å². The lowest BCUT2D eigenvalue weighted by Crippen LogP contribution is -2.37. The zero-order valence-corrected chi connectivity index (χ0v) is 18.8. The van der Waals surface area contributed by atoms with Crippen molar-refractivity contribution in [2.24, 2.45) is 5.92 Å². The number of hydrogen-bond donors (Lipinski definition) is 2. The first kappa shape index (κ1) is 20.8. The normalized spacial score (nSPS) is 28.0. The van der Waals surface area contributed by atoms with Crippen LogP contribution >= 0.6 is 0 Å². The molecular formula is C22H29N5O3S.